The predicted molar refractivity (Wildman–Crippen MR) is 122 cm³/mol. The summed E-state index contributed by atoms with van der Waals surface area (Å²) in [5.41, 5.74) is -1.54. The molecular weight excluding hydrogens is 468 g/mol. The highest BCUT2D eigenvalue weighted by atomic mass is 19.4. The van der Waals surface area contributed by atoms with E-state index in [4.69, 9.17) is 4.74 Å². The first-order valence-electron chi connectivity index (χ1n) is 11.2. The summed E-state index contributed by atoms with van der Waals surface area (Å²) in [6, 6.07) is 9.02. The molecule has 0 unspecified atom stereocenters. The Balaban J connectivity index is 1.33. The van der Waals surface area contributed by atoms with Crippen LogP contribution in [0.3, 0.4) is 0 Å². The SMILES string of the molecule is COc1ccccc1NC(=O)N1CCC2(CC1)CCN(C(=O)Nc1cccc(C(F)(F)F)c1F)C2. The van der Waals surface area contributed by atoms with E-state index in [1.54, 1.807) is 23.1 Å². The number of ether oxygens (including phenoxy) is 1. The Morgan fingerprint density at radius 3 is 2.11 bits per heavy atom. The van der Waals surface area contributed by atoms with Gasteiger partial charge in [-0.05, 0) is 48.9 Å². The molecule has 2 saturated heterocycles. The molecule has 2 N–H and O–H groups in total. The summed E-state index contributed by atoms with van der Waals surface area (Å²) in [5, 5.41) is 5.13. The maximum Gasteiger partial charge on any atom is 0.419 e. The Morgan fingerprint density at radius 1 is 0.886 bits per heavy atom. The number of alkyl halides is 3. The third-order valence-corrected chi connectivity index (χ3v) is 6.73. The third kappa shape index (κ3) is 5.28. The topological polar surface area (TPSA) is 73.9 Å². The quantitative estimate of drug-likeness (QED) is 0.561. The first kappa shape index (κ1) is 24.6. The summed E-state index contributed by atoms with van der Waals surface area (Å²) in [5.74, 6) is -0.944. The highest BCUT2D eigenvalue weighted by Gasteiger charge is 2.43. The molecule has 1 spiro atoms. The smallest absolute Gasteiger partial charge is 0.419 e. The van der Waals surface area contributed by atoms with Crippen LogP contribution in [0.5, 0.6) is 5.75 Å². The highest BCUT2D eigenvalue weighted by Crippen LogP contribution is 2.41. The second-order valence-corrected chi connectivity index (χ2v) is 8.88. The molecule has 35 heavy (non-hydrogen) atoms. The molecule has 0 saturated carbocycles. The van der Waals surface area contributed by atoms with Crippen molar-refractivity contribution in [3.63, 3.8) is 0 Å². The number of para-hydroxylation sites is 2. The molecule has 11 heteroatoms. The molecule has 7 nitrogen and oxygen atoms in total. The fraction of sp³-hybridized carbons (Fsp3) is 0.417. The number of nitrogens with one attached hydrogen (secondary N) is 2. The van der Waals surface area contributed by atoms with Gasteiger partial charge in [0.25, 0.3) is 0 Å². The van der Waals surface area contributed by atoms with Crippen LogP contribution < -0.4 is 15.4 Å². The van der Waals surface area contributed by atoms with Crippen molar-refractivity contribution in [2.24, 2.45) is 5.41 Å². The molecule has 2 aromatic rings. The van der Waals surface area contributed by atoms with Crippen LogP contribution in [0.25, 0.3) is 0 Å². The Morgan fingerprint density at radius 2 is 1.46 bits per heavy atom. The van der Waals surface area contributed by atoms with Gasteiger partial charge in [-0.15, -0.1) is 0 Å². The third-order valence-electron chi connectivity index (χ3n) is 6.73. The van der Waals surface area contributed by atoms with Crippen LogP contribution in [0.1, 0.15) is 24.8 Å². The Hall–Kier alpha value is -3.50. The maximum atomic E-state index is 14.3. The number of benzene rings is 2. The van der Waals surface area contributed by atoms with Crippen LogP contribution >= 0.6 is 0 Å². The summed E-state index contributed by atoms with van der Waals surface area (Å²) in [7, 11) is 1.53. The predicted octanol–water partition coefficient (Wildman–Crippen LogP) is 5.41. The molecule has 4 amide bonds. The molecule has 0 aliphatic carbocycles. The van der Waals surface area contributed by atoms with E-state index in [0.717, 1.165) is 12.1 Å². The molecule has 0 bridgehead atoms. The van der Waals surface area contributed by atoms with Gasteiger partial charge in [0.2, 0.25) is 0 Å². The molecule has 2 fully saturated rings. The van der Waals surface area contributed by atoms with Crippen LogP contribution in [0.4, 0.5) is 38.5 Å². The standard InChI is InChI=1S/C24H26F4N4O3/c1-35-19-8-3-2-6-17(19)29-21(33)31-12-9-23(10-13-31)11-14-32(15-23)22(34)30-18-7-4-5-16(20(18)25)24(26,27)28/h2-8H,9-15H2,1H3,(H,29,33)(H,30,34). The summed E-state index contributed by atoms with van der Waals surface area (Å²) in [6.45, 7) is 1.79. The highest BCUT2D eigenvalue weighted by molar-refractivity contribution is 5.91. The number of methoxy groups -OCH3 is 1. The van der Waals surface area contributed by atoms with E-state index in [1.165, 1.54) is 12.0 Å². The minimum Gasteiger partial charge on any atom is -0.495 e. The van der Waals surface area contributed by atoms with Crippen molar-refractivity contribution < 1.29 is 31.9 Å². The normalized spacial score (nSPS) is 17.4. The van der Waals surface area contributed by atoms with Gasteiger partial charge in [-0.1, -0.05) is 18.2 Å². The van der Waals surface area contributed by atoms with Crippen molar-refractivity contribution in [1.82, 2.24) is 9.80 Å². The van der Waals surface area contributed by atoms with Gasteiger partial charge >= 0.3 is 18.2 Å². The zero-order valence-corrected chi connectivity index (χ0v) is 19.1. The minimum absolute atomic E-state index is 0.190. The average molecular weight is 494 g/mol. The fourth-order valence-corrected chi connectivity index (χ4v) is 4.68. The molecule has 0 aromatic heterocycles. The molecule has 188 valence electrons. The minimum atomic E-state index is -4.85. The van der Waals surface area contributed by atoms with Crippen LogP contribution in [-0.2, 0) is 6.18 Å². The lowest BCUT2D eigenvalue weighted by molar-refractivity contribution is -0.139. The van der Waals surface area contributed by atoms with E-state index in [9.17, 15) is 27.2 Å². The zero-order valence-electron chi connectivity index (χ0n) is 19.1. The monoisotopic (exact) mass is 494 g/mol. The van der Waals surface area contributed by atoms with Crippen molar-refractivity contribution in [2.45, 2.75) is 25.4 Å². The lowest BCUT2D eigenvalue weighted by atomic mass is 9.78. The summed E-state index contributed by atoms with van der Waals surface area (Å²) >= 11 is 0. The van der Waals surface area contributed by atoms with E-state index in [0.29, 0.717) is 62.9 Å². The van der Waals surface area contributed by atoms with Crippen molar-refractivity contribution in [2.75, 3.05) is 43.9 Å². The number of anilines is 2. The van der Waals surface area contributed by atoms with Crippen LogP contribution in [0.2, 0.25) is 0 Å². The largest absolute Gasteiger partial charge is 0.495 e. The van der Waals surface area contributed by atoms with Crippen molar-refractivity contribution in [1.29, 1.82) is 0 Å². The van der Waals surface area contributed by atoms with Gasteiger partial charge in [-0.2, -0.15) is 13.2 Å². The Kier molecular flexibility index (Phi) is 6.77. The van der Waals surface area contributed by atoms with Crippen LogP contribution in [0, 0.1) is 11.2 Å². The summed E-state index contributed by atoms with van der Waals surface area (Å²) < 4.78 is 58.4. The number of carbonyl (C=O) groups is 2. The van der Waals surface area contributed by atoms with Crippen LogP contribution in [-0.4, -0.2) is 55.2 Å². The molecule has 0 radical (unpaired) electrons. The van der Waals surface area contributed by atoms with Gasteiger partial charge in [0.15, 0.2) is 5.82 Å². The number of halogens is 4. The number of hydrogen-bond acceptors (Lipinski definition) is 3. The number of nitrogens with zero attached hydrogens (tertiary/aromatic N) is 2. The summed E-state index contributed by atoms with van der Waals surface area (Å²) in [6.07, 6.45) is -2.80. The number of likely N-dealkylation sites (tertiary alicyclic amines) is 2. The molecule has 2 heterocycles. The van der Waals surface area contributed by atoms with E-state index in [1.807, 2.05) is 6.07 Å². The molecule has 2 aliphatic rings. The lowest BCUT2D eigenvalue weighted by Crippen LogP contribution is -2.46. The molecule has 2 aliphatic heterocycles. The number of piperidine rings is 1. The maximum absolute atomic E-state index is 14.3. The van der Waals surface area contributed by atoms with Crippen molar-refractivity contribution in [3.05, 3.63) is 53.8 Å². The zero-order chi connectivity index (χ0) is 25.2. The number of rotatable bonds is 3. The van der Waals surface area contributed by atoms with Crippen molar-refractivity contribution >= 4 is 23.4 Å². The molecular formula is C24H26F4N4O3. The van der Waals surface area contributed by atoms with Gasteiger partial charge < -0.3 is 25.2 Å². The Labute approximate surface area is 200 Å². The summed E-state index contributed by atoms with van der Waals surface area (Å²) in [4.78, 5) is 28.6. The lowest BCUT2D eigenvalue weighted by Gasteiger charge is -2.39. The first-order valence-corrected chi connectivity index (χ1v) is 11.2. The van der Waals surface area contributed by atoms with E-state index in [2.05, 4.69) is 10.6 Å². The van der Waals surface area contributed by atoms with Gasteiger partial charge in [-0.3, -0.25) is 0 Å². The fourth-order valence-electron chi connectivity index (χ4n) is 4.68. The second-order valence-electron chi connectivity index (χ2n) is 8.88. The van der Waals surface area contributed by atoms with E-state index < -0.39 is 29.3 Å². The van der Waals surface area contributed by atoms with Crippen LogP contribution in [0.15, 0.2) is 42.5 Å². The second kappa shape index (κ2) is 9.63. The average Bonchev–Trinajstić information content (AvgIpc) is 3.24. The number of carbonyl (C=O) groups excluding carboxylic acids is 2. The van der Waals surface area contributed by atoms with Gasteiger partial charge in [0.1, 0.15) is 5.75 Å². The number of urea groups is 2. The van der Waals surface area contributed by atoms with Gasteiger partial charge in [0, 0.05) is 26.2 Å². The molecule has 2 aromatic carbocycles. The molecule has 4 rings (SSSR count). The molecule has 0 atom stereocenters. The first-order chi connectivity index (χ1) is 16.6. The van der Waals surface area contributed by atoms with Gasteiger partial charge in [0.05, 0.1) is 24.0 Å². The number of amides is 4. The van der Waals surface area contributed by atoms with Gasteiger partial charge in [-0.25, -0.2) is 14.0 Å². The Bertz CT molecular complexity index is 1100. The van der Waals surface area contributed by atoms with Crippen molar-refractivity contribution in [3.8, 4) is 5.75 Å². The number of hydrogen-bond donors (Lipinski definition) is 2. The van der Waals surface area contributed by atoms with E-state index >= 15 is 0 Å². The van der Waals surface area contributed by atoms with E-state index in [-0.39, 0.29) is 11.4 Å².